The Morgan fingerprint density at radius 2 is 2.05 bits per heavy atom. The summed E-state index contributed by atoms with van der Waals surface area (Å²) in [6.45, 7) is 4.57. The smallest absolute Gasteiger partial charge is 0.0954 e. The molecular weight excluding hydrogens is 266 g/mol. The van der Waals surface area contributed by atoms with E-state index in [4.69, 9.17) is 4.98 Å². The largest absolute Gasteiger partial charge is 0.315 e. The molecule has 0 saturated heterocycles. The van der Waals surface area contributed by atoms with Crippen molar-refractivity contribution in [3.05, 3.63) is 29.3 Å². The van der Waals surface area contributed by atoms with Crippen LogP contribution in [-0.4, -0.2) is 42.6 Å². The molecule has 0 fully saturated rings. The zero-order valence-corrected chi connectivity index (χ0v) is 13.9. The van der Waals surface area contributed by atoms with Crippen molar-refractivity contribution in [3.63, 3.8) is 0 Å². The Balaban J connectivity index is 2.25. The Bertz CT molecular complexity index is 531. The van der Waals surface area contributed by atoms with E-state index in [1.54, 1.807) is 0 Å². The molecule has 110 valence electrons. The third kappa shape index (κ3) is 2.87. The van der Waals surface area contributed by atoms with Crippen molar-refractivity contribution in [2.24, 2.45) is 0 Å². The van der Waals surface area contributed by atoms with E-state index in [-0.39, 0.29) is 5.54 Å². The number of thiazole rings is 1. The fourth-order valence-corrected chi connectivity index (χ4v) is 3.70. The van der Waals surface area contributed by atoms with Gasteiger partial charge >= 0.3 is 0 Å². The van der Waals surface area contributed by atoms with Gasteiger partial charge in [0.1, 0.15) is 0 Å². The van der Waals surface area contributed by atoms with Gasteiger partial charge in [-0.3, -0.25) is 0 Å². The van der Waals surface area contributed by atoms with Gasteiger partial charge in [-0.2, -0.15) is 0 Å². The molecule has 2 rings (SSSR count). The van der Waals surface area contributed by atoms with Gasteiger partial charge in [-0.15, -0.1) is 11.3 Å². The van der Waals surface area contributed by atoms with Crippen LogP contribution in [0.1, 0.15) is 25.3 Å². The fourth-order valence-electron chi connectivity index (χ4n) is 2.69. The highest BCUT2D eigenvalue weighted by atomic mass is 32.1. The predicted octanol–water partition coefficient (Wildman–Crippen LogP) is 3.16. The predicted molar refractivity (Wildman–Crippen MR) is 88.6 cm³/mol. The highest BCUT2D eigenvalue weighted by molar-refractivity contribution is 7.18. The molecule has 2 aromatic rings. The molecule has 0 saturated carbocycles. The van der Waals surface area contributed by atoms with Gasteiger partial charge in [0, 0.05) is 18.0 Å². The molecule has 1 heterocycles. The number of benzene rings is 1. The first-order chi connectivity index (χ1) is 9.51. The molecule has 2 atom stereocenters. The van der Waals surface area contributed by atoms with Crippen LogP contribution in [0.25, 0.3) is 10.2 Å². The fraction of sp³-hybridized carbons (Fsp3) is 0.562. The van der Waals surface area contributed by atoms with Crippen LogP contribution in [0.2, 0.25) is 0 Å². The first-order valence-corrected chi connectivity index (χ1v) is 8.02. The van der Waals surface area contributed by atoms with Crippen molar-refractivity contribution in [1.82, 2.24) is 15.2 Å². The molecule has 0 aliphatic heterocycles. The molecule has 0 bridgehead atoms. The molecule has 0 radical (unpaired) electrons. The van der Waals surface area contributed by atoms with E-state index >= 15 is 0 Å². The number of nitrogens with zero attached hydrogens (tertiary/aromatic N) is 2. The lowest BCUT2D eigenvalue weighted by molar-refractivity contribution is 0.116. The maximum absolute atomic E-state index is 4.77. The van der Waals surface area contributed by atoms with Crippen molar-refractivity contribution in [2.45, 2.75) is 38.3 Å². The molecule has 1 aromatic carbocycles. The summed E-state index contributed by atoms with van der Waals surface area (Å²) in [7, 11) is 6.37. The van der Waals surface area contributed by atoms with Gasteiger partial charge in [0.25, 0.3) is 0 Å². The highest BCUT2D eigenvalue weighted by Gasteiger charge is 2.34. The zero-order valence-electron chi connectivity index (χ0n) is 13.1. The molecule has 3 nitrogen and oxygen atoms in total. The zero-order chi connectivity index (χ0) is 14.8. The Hall–Kier alpha value is -0.970. The summed E-state index contributed by atoms with van der Waals surface area (Å²) in [5.41, 5.74) is 1.25. The van der Waals surface area contributed by atoms with E-state index in [2.05, 4.69) is 69.5 Å². The van der Waals surface area contributed by atoms with Crippen molar-refractivity contribution >= 4 is 21.6 Å². The average Bonchev–Trinajstić information content (AvgIpc) is 2.86. The quantitative estimate of drug-likeness (QED) is 0.886. The number of aromatic nitrogens is 1. The number of hydrogen-bond acceptors (Lipinski definition) is 4. The molecule has 2 unspecified atom stereocenters. The van der Waals surface area contributed by atoms with E-state index in [9.17, 15) is 0 Å². The second-order valence-corrected chi connectivity index (χ2v) is 6.84. The highest BCUT2D eigenvalue weighted by Crippen LogP contribution is 2.27. The maximum atomic E-state index is 4.77. The van der Waals surface area contributed by atoms with Gasteiger partial charge in [-0.1, -0.05) is 19.1 Å². The van der Waals surface area contributed by atoms with E-state index in [1.807, 2.05) is 11.3 Å². The summed E-state index contributed by atoms with van der Waals surface area (Å²) in [6, 6.07) is 8.76. The summed E-state index contributed by atoms with van der Waals surface area (Å²) in [4.78, 5) is 7.09. The Labute approximate surface area is 126 Å². The second kappa shape index (κ2) is 6.20. The molecule has 0 amide bonds. The van der Waals surface area contributed by atoms with Crippen molar-refractivity contribution < 1.29 is 0 Å². The monoisotopic (exact) mass is 291 g/mol. The molecule has 0 spiro atoms. The topological polar surface area (TPSA) is 28.2 Å². The minimum atomic E-state index is 0.132. The van der Waals surface area contributed by atoms with Crippen molar-refractivity contribution in [1.29, 1.82) is 0 Å². The van der Waals surface area contributed by atoms with Gasteiger partial charge in [0.05, 0.1) is 15.2 Å². The molecule has 20 heavy (non-hydrogen) atoms. The Morgan fingerprint density at radius 3 is 2.60 bits per heavy atom. The first kappa shape index (κ1) is 15.4. The average molecular weight is 291 g/mol. The van der Waals surface area contributed by atoms with Crippen LogP contribution in [0.4, 0.5) is 0 Å². The van der Waals surface area contributed by atoms with Crippen LogP contribution < -0.4 is 5.32 Å². The van der Waals surface area contributed by atoms with Gasteiger partial charge < -0.3 is 10.2 Å². The lowest BCUT2D eigenvalue weighted by Crippen LogP contribution is -2.56. The first-order valence-electron chi connectivity index (χ1n) is 7.20. The van der Waals surface area contributed by atoms with E-state index < -0.39 is 0 Å². The molecule has 1 N–H and O–H groups in total. The Kier molecular flexibility index (Phi) is 4.78. The van der Waals surface area contributed by atoms with Gasteiger partial charge in [-0.25, -0.2) is 4.98 Å². The Morgan fingerprint density at radius 1 is 1.35 bits per heavy atom. The number of para-hydroxylation sites is 1. The van der Waals surface area contributed by atoms with Crippen LogP contribution in [0.15, 0.2) is 24.3 Å². The normalized spacial score (nSPS) is 16.5. The number of fused-ring (bicyclic) bond motifs is 1. The maximum Gasteiger partial charge on any atom is 0.0954 e. The molecule has 0 aliphatic carbocycles. The number of nitrogens with one attached hydrogen (secondary N) is 1. The molecule has 1 aromatic heterocycles. The summed E-state index contributed by atoms with van der Waals surface area (Å²) in [6.07, 6.45) is 2.08. The van der Waals surface area contributed by atoms with Crippen LogP contribution in [0.5, 0.6) is 0 Å². The lowest BCUT2D eigenvalue weighted by Gasteiger charge is -2.42. The number of hydrogen-bond donors (Lipinski definition) is 1. The summed E-state index contributed by atoms with van der Waals surface area (Å²) in [5, 5.41) is 4.71. The summed E-state index contributed by atoms with van der Waals surface area (Å²) >= 11 is 1.81. The lowest BCUT2D eigenvalue weighted by atomic mass is 9.86. The van der Waals surface area contributed by atoms with E-state index in [1.165, 1.54) is 9.71 Å². The molecule has 4 heteroatoms. The van der Waals surface area contributed by atoms with Gasteiger partial charge in [0.2, 0.25) is 0 Å². The minimum Gasteiger partial charge on any atom is -0.315 e. The van der Waals surface area contributed by atoms with Crippen LogP contribution in [-0.2, 0) is 6.42 Å². The van der Waals surface area contributed by atoms with E-state index in [0.717, 1.165) is 18.4 Å². The van der Waals surface area contributed by atoms with Crippen molar-refractivity contribution in [2.75, 3.05) is 21.1 Å². The number of likely N-dealkylation sites (N-methyl/N-ethyl adjacent to an activating group) is 2. The van der Waals surface area contributed by atoms with Crippen LogP contribution >= 0.6 is 11.3 Å². The minimum absolute atomic E-state index is 0.132. The van der Waals surface area contributed by atoms with Crippen LogP contribution in [0.3, 0.4) is 0 Å². The number of rotatable bonds is 6. The van der Waals surface area contributed by atoms with Gasteiger partial charge in [0.15, 0.2) is 0 Å². The summed E-state index contributed by atoms with van der Waals surface area (Å²) in [5.74, 6) is 0. The SMILES string of the molecule is CCC(C)(C(Cc1nc2ccccc2s1)NC)N(C)C. The van der Waals surface area contributed by atoms with Gasteiger partial charge in [-0.05, 0) is 46.6 Å². The standard InChI is InChI=1S/C16H25N3S/c1-6-16(2,19(4)5)14(17-3)11-15-18-12-9-7-8-10-13(12)20-15/h7-10,14,17H,6,11H2,1-5H3. The van der Waals surface area contributed by atoms with Crippen molar-refractivity contribution in [3.8, 4) is 0 Å². The summed E-state index contributed by atoms with van der Waals surface area (Å²) < 4.78 is 1.28. The second-order valence-electron chi connectivity index (χ2n) is 5.73. The third-order valence-corrected chi connectivity index (χ3v) is 5.61. The molecule has 0 aliphatic rings. The third-order valence-electron chi connectivity index (χ3n) is 4.55. The molecular formula is C16H25N3S. The van der Waals surface area contributed by atoms with Crippen LogP contribution in [0, 0.1) is 0 Å². The van der Waals surface area contributed by atoms with E-state index in [0.29, 0.717) is 6.04 Å².